The zero-order valence-corrected chi connectivity index (χ0v) is 10.2. The van der Waals surface area contributed by atoms with Gasteiger partial charge in [-0.3, -0.25) is 10.0 Å². The summed E-state index contributed by atoms with van der Waals surface area (Å²) >= 11 is 0. The molecule has 5 heteroatoms. The highest BCUT2D eigenvalue weighted by Gasteiger charge is 2.10. The maximum absolute atomic E-state index is 11.3. The predicted octanol–water partition coefficient (Wildman–Crippen LogP) is 2.06. The number of benzene rings is 1. The lowest BCUT2D eigenvalue weighted by Gasteiger charge is -2.08. The fraction of sp³-hybridized carbons (Fsp3) is 0.231. The Labute approximate surface area is 104 Å². The minimum atomic E-state index is -0.617. The van der Waals surface area contributed by atoms with E-state index in [-0.39, 0.29) is 5.69 Å². The number of hydroxylamine groups is 1. The summed E-state index contributed by atoms with van der Waals surface area (Å²) in [5.74, 6) is 0.156. The van der Waals surface area contributed by atoms with E-state index in [1.807, 2.05) is 19.9 Å². The number of amides is 1. The number of hydrogen-bond acceptors (Lipinski definition) is 4. The molecule has 0 aliphatic heterocycles. The van der Waals surface area contributed by atoms with Crippen molar-refractivity contribution in [2.24, 2.45) is 0 Å². The molecule has 1 heterocycles. The zero-order chi connectivity index (χ0) is 13.1. The minimum Gasteiger partial charge on any atom is -0.494 e. The minimum absolute atomic E-state index is 0.187. The first-order valence-corrected chi connectivity index (χ1v) is 5.64. The monoisotopic (exact) mass is 246 g/mol. The molecule has 0 saturated heterocycles. The number of rotatable bonds is 3. The van der Waals surface area contributed by atoms with Gasteiger partial charge in [0.25, 0.3) is 5.91 Å². The number of aromatic nitrogens is 1. The molecule has 0 unspecified atom stereocenters. The molecule has 0 fully saturated rings. The summed E-state index contributed by atoms with van der Waals surface area (Å²) in [4.78, 5) is 15.5. The van der Waals surface area contributed by atoms with Gasteiger partial charge in [-0.15, -0.1) is 0 Å². The average Bonchev–Trinajstić information content (AvgIpc) is 2.38. The number of fused-ring (bicyclic) bond motifs is 1. The average molecular weight is 246 g/mol. The number of ether oxygens (including phenoxy) is 1. The molecule has 1 aromatic heterocycles. The van der Waals surface area contributed by atoms with E-state index >= 15 is 0 Å². The molecule has 0 spiro atoms. The Morgan fingerprint density at radius 1 is 1.44 bits per heavy atom. The van der Waals surface area contributed by atoms with Crippen LogP contribution >= 0.6 is 0 Å². The normalized spacial score (nSPS) is 10.4. The third-order valence-electron chi connectivity index (χ3n) is 2.63. The van der Waals surface area contributed by atoms with E-state index in [0.29, 0.717) is 12.1 Å². The van der Waals surface area contributed by atoms with Crippen molar-refractivity contribution in [1.29, 1.82) is 0 Å². The summed E-state index contributed by atoms with van der Waals surface area (Å²) in [6.45, 7) is 4.40. The van der Waals surface area contributed by atoms with Gasteiger partial charge < -0.3 is 4.74 Å². The molecule has 18 heavy (non-hydrogen) atoms. The van der Waals surface area contributed by atoms with Crippen LogP contribution in [0.2, 0.25) is 0 Å². The second kappa shape index (κ2) is 5.01. The smallest absolute Gasteiger partial charge is 0.293 e. The number of carbonyl (C=O) groups excluding carboxylic acids is 1. The molecule has 2 rings (SSSR count). The van der Waals surface area contributed by atoms with Crippen LogP contribution in [-0.2, 0) is 0 Å². The highest BCUT2D eigenvalue weighted by atomic mass is 16.5. The van der Waals surface area contributed by atoms with E-state index in [2.05, 4.69) is 4.98 Å². The first-order chi connectivity index (χ1) is 8.65. The highest BCUT2D eigenvalue weighted by molar-refractivity contribution is 5.95. The van der Waals surface area contributed by atoms with Crippen molar-refractivity contribution in [3.8, 4) is 5.75 Å². The van der Waals surface area contributed by atoms with Crippen molar-refractivity contribution in [3.05, 3.63) is 35.5 Å². The Morgan fingerprint density at radius 2 is 2.22 bits per heavy atom. The van der Waals surface area contributed by atoms with Gasteiger partial charge in [-0.25, -0.2) is 10.5 Å². The van der Waals surface area contributed by atoms with E-state index in [9.17, 15) is 4.79 Å². The van der Waals surface area contributed by atoms with Crippen molar-refractivity contribution in [2.45, 2.75) is 13.8 Å². The number of aryl methyl sites for hydroxylation is 1. The molecule has 0 aliphatic rings. The topological polar surface area (TPSA) is 71.5 Å². The maximum atomic E-state index is 11.3. The summed E-state index contributed by atoms with van der Waals surface area (Å²) in [5, 5.41) is 9.53. The van der Waals surface area contributed by atoms with Crippen molar-refractivity contribution in [3.63, 3.8) is 0 Å². The fourth-order valence-corrected chi connectivity index (χ4v) is 1.80. The van der Waals surface area contributed by atoms with Gasteiger partial charge in [0.05, 0.1) is 12.1 Å². The molecular formula is C13H14N2O3. The second-order valence-electron chi connectivity index (χ2n) is 3.88. The summed E-state index contributed by atoms with van der Waals surface area (Å²) in [6.07, 6.45) is 0. The zero-order valence-electron chi connectivity index (χ0n) is 10.2. The first kappa shape index (κ1) is 12.3. The number of hydrogen-bond donors (Lipinski definition) is 2. The van der Waals surface area contributed by atoms with Gasteiger partial charge in [-0.05, 0) is 43.7 Å². The SMILES string of the molecule is CCOc1ccc2nc(C(=O)NO)cc(C)c2c1. The van der Waals surface area contributed by atoms with E-state index in [4.69, 9.17) is 9.94 Å². The summed E-state index contributed by atoms with van der Waals surface area (Å²) in [7, 11) is 0. The number of nitrogens with zero attached hydrogens (tertiary/aromatic N) is 1. The summed E-state index contributed by atoms with van der Waals surface area (Å²) in [5.41, 5.74) is 3.36. The highest BCUT2D eigenvalue weighted by Crippen LogP contribution is 2.23. The Morgan fingerprint density at radius 3 is 2.89 bits per heavy atom. The molecule has 0 radical (unpaired) electrons. The standard InChI is InChI=1S/C13H14N2O3/c1-3-18-9-4-5-11-10(7-9)8(2)6-12(14-11)13(16)15-17/h4-7,17H,3H2,1-2H3,(H,15,16). The van der Waals surface area contributed by atoms with Gasteiger partial charge in [0.15, 0.2) is 0 Å². The molecule has 94 valence electrons. The lowest BCUT2D eigenvalue weighted by atomic mass is 10.1. The van der Waals surface area contributed by atoms with Crippen molar-refractivity contribution in [1.82, 2.24) is 10.5 Å². The lowest BCUT2D eigenvalue weighted by molar-refractivity contribution is 0.0701. The van der Waals surface area contributed by atoms with Crippen molar-refractivity contribution < 1.29 is 14.7 Å². The van der Waals surface area contributed by atoms with Crippen LogP contribution in [0.4, 0.5) is 0 Å². The van der Waals surface area contributed by atoms with E-state index in [1.54, 1.807) is 23.7 Å². The van der Waals surface area contributed by atoms with Crippen LogP contribution in [0.5, 0.6) is 5.75 Å². The van der Waals surface area contributed by atoms with Crippen LogP contribution in [-0.4, -0.2) is 22.7 Å². The van der Waals surface area contributed by atoms with Crippen LogP contribution in [0, 0.1) is 6.92 Å². The quantitative estimate of drug-likeness (QED) is 0.642. The first-order valence-electron chi connectivity index (χ1n) is 5.64. The Balaban J connectivity index is 2.55. The summed E-state index contributed by atoms with van der Waals surface area (Å²) < 4.78 is 5.42. The molecule has 0 bridgehead atoms. The van der Waals surface area contributed by atoms with Crippen molar-refractivity contribution >= 4 is 16.8 Å². The third-order valence-corrected chi connectivity index (χ3v) is 2.63. The van der Waals surface area contributed by atoms with Gasteiger partial charge >= 0.3 is 0 Å². The summed E-state index contributed by atoms with van der Waals surface area (Å²) in [6, 6.07) is 7.12. The third kappa shape index (κ3) is 2.26. The van der Waals surface area contributed by atoms with Gasteiger partial charge in [0.1, 0.15) is 11.4 Å². The van der Waals surface area contributed by atoms with Crippen LogP contribution in [0.3, 0.4) is 0 Å². The fourth-order valence-electron chi connectivity index (χ4n) is 1.80. The largest absolute Gasteiger partial charge is 0.494 e. The van der Waals surface area contributed by atoms with Gasteiger partial charge in [0, 0.05) is 5.39 Å². The Bertz CT molecular complexity index is 596. The van der Waals surface area contributed by atoms with Gasteiger partial charge in [0.2, 0.25) is 0 Å². The van der Waals surface area contributed by atoms with Crippen molar-refractivity contribution in [2.75, 3.05) is 6.61 Å². The van der Waals surface area contributed by atoms with Gasteiger partial charge in [-0.1, -0.05) is 0 Å². The molecule has 1 amide bonds. The molecule has 0 aliphatic carbocycles. The van der Waals surface area contributed by atoms with E-state index < -0.39 is 5.91 Å². The van der Waals surface area contributed by atoms with Crippen LogP contribution in [0.1, 0.15) is 23.0 Å². The van der Waals surface area contributed by atoms with Crippen LogP contribution < -0.4 is 10.2 Å². The predicted molar refractivity (Wildman–Crippen MR) is 66.9 cm³/mol. The van der Waals surface area contributed by atoms with Gasteiger partial charge in [-0.2, -0.15) is 0 Å². The van der Waals surface area contributed by atoms with E-state index in [1.165, 1.54) is 0 Å². The molecule has 0 saturated carbocycles. The number of pyridine rings is 1. The van der Waals surface area contributed by atoms with Crippen LogP contribution in [0.15, 0.2) is 24.3 Å². The molecule has 2 aromatic rings. The number of nitrogens with one attached hydrogen (secondary N) is 1. The molecule has 5 nitrogen and oxygen atoms in total. The molecule has 1 aromatic carbocycles. The molecular weight excluding hydrogens is 232 g/mol. The second-order valence-corrected chi connectivity index (χ2v) is 3.88. The number of carbonyl (C=O) groups is 1. The molecule has 2 N–H and O–H groups in total. The van der Waals surface area contributed by atoms with Crippen LogP contribution in [0.25, 0.3) is 10.9 Å². The maximum Gasteiger partial charge on any atom is 0.293 e. The van der Waals surface area contributed by atoms with E-state index in [0.717, 1.165) is 16.7 Å². The Kier molecular flexibility index (Phi) is 3.43. The lowest BCUT2D eigenvalue weighted by Crippen LogP contribution is -2.20. The Hall–Kier alpha value is -2.14. The molecule has 0 atom stereocenters.